The monoisotopic (exact) mass is 427 g/mol. The first-order valence-corrected chi connectivity index (χ1v) is 9.01. The summed E-state index contributed by atoms with van der Waals surface area (Å²) in [7, 11) is 0. The highest BCUT2D eigenvalue weighted by Gasteiger charge is 2.48. The van der Waals surface area contributed by atoms with Gasteiger partial charge in [-0.3, -0.25) is 9.78 Å². The van der Waals surface area contributed by atoms with Crippen LogP contribution in [-0.4, -0.2) is 16.9 Å². The molecule has 4 unspecified atom stereocenters. The van der Waals surface area contributed by atoms with Gasteiger partial charge in [0.15, 0.2) is 11.6 Å². The van der Waals surface area contributed by atoms with Crippen LogP contribution in [0.15, 0.2) is 42.7 Å². The molecule has 2 fully saturated rings. The highest BCUT2D eigenvalue weighted by molar-refractivity contribution is 5.85. The Bertz CT molecular complexity index is 807. The zero-order valence-corrected chi connectivity index (χ0v) is 16.8. The maximum absolute atomic E-state index is 14.3. The number of ether oxygens (including phenoxy) is 1. The molecule has 1 aromatic heterocycles. The third-order valence-electron chi connectivity index (χ3n) is 5.61. The third kappa shape index (κ3) is 4.57. The van der Waals surface area contributed by atoms with Gasteiger partial charge < -0.3 is 15.8 Å². The average Bonchev–Trinajstić information content (AvgIpc) is 3.24. The molecule has 2 saturated carbocycles. The highest BCUT2D eigenvalue weighted by atomic mass is 35.5. The lowest BCUT2D eigenvalue weighted by atomic mass is 9.84. The second kappa shape index (κ2) is 9.54. The molecule has 0 aliphatic heterocycles. The first kappa shape index (κ1) is 22.4. The number of pyridine rings is 1. The van der Waals surface area contributed by atoms with Gasteiger partial charge in [0.1, 0.15) is 5.75 Å². The van der Waals surface area contributed by atoms with Gasteiger partial charge in [-0.05, 0) is 60.9 Å². The van der Waals surface area contributed by atoms with Gasteiger partial charge in [-0.1, -0.05) is 6.07 Å². The summed E-state index contributed by atoms with van der Waals surface area (Å²) in [6.45, 7) is 0.281. The molecule has 2 aliphatic carbocycles. The zero-order chi connectivity index (χ0) is 18.1. The molecule has 0 radical (unpaired) electrons. The van der Waals surface area contributed by atoms with E-state index in [9.17, 15) is 9.18 Å². The summed E-state index contributed by atoms with van der Waals surface area (Å²) in [5.74, 6) is 0.893. The summed E-state index contributed by atoms with van der Waals surface area (Å²) in [4.78, 5) is 16.4. The van der Waals surface area contributed by atoms with Crippen molar-refractivity contribution >= 4 is 30.7 Å². The Balaban J connectivity index is 0.00000140. The number of amides is 1. The number of benzene rings is 1. The van der Waals surface area contributed by atoms with Gasteiger partial charge >= 0.3 is 0 Å². The number of nitrogens with zero attached hydrogens (tertiary/aromatic N) is 1. The van der Waals surface area contributed by atoms with Gasteiger partial charge in [-0.15, -0.1) is 24.8 Å². The molecule has 4 atom stereocenters. The van der Waals surface area contributed by atoms with Crippen molar-refractivity contribution in [3.63, 3.8) is 0 Å². The number of hydrogen-bond donors (Lipinski definition) is 2. The lowest BCUT2D eigenvalue weighted by Gasteiger charge is -2.27. The molecule has 1 heterocycles. The van der Waals surface area contributed by atoms with E-state index in [-0.39, 0.29) is 55.0 Å². The van der Waals surface area contributed by atoms with Crippen LogP contribution in [0.3, 0.4) is 0 Å². The molecule has 4 rings (SSSR count). The number of fused-ring (bicyclic) bond motifs is 2. The minimum absolute atomic E-state index is 0. The Kier molecular flexibility index (Phi) is 7.63. The van der Waals surface area contributed by atoms with E-state index in [0.717, 1.165) is 19.3 Å². The summed E-state index contributed by atoms with van der Waals surface area (Å²) in [5.41, 5.74) is 6.90. The maximum atomic E-state index is 14.3. The average molecular weight is 428 g/mol. The van der Waals surface area contributed by atoms with Gasteiger partial charge in [-0.2, -0.15) is 0 Å². The number of aromatic nitrogens is 1. The normalized spacial score (nSPS) is 24.8. The van der Waals surface area contributed by atoms with Gasteiger partial charge in [0.25, 0.3) is 0 Å². The van der Waals surface area contributed by atoms with E-state index in [4.69, 9.17) is 10.5 Å². The Hall–Kier alpha value is -1.89. The van der Waals surface area contributed by atoms with Gasteiger partial charge in [0.2, 0.25) is 5.91 Å². The SMILES string of the molecule is Cl.Cl.NC1C2CCC(C2)C1C(=O)NCc1ccc(Oc2cccnc2)c(F)c1. The predicted octanol–water partition coefficient (Wildman–Crippen LogP) is 3.85. The van der Waals surface area contributed by atoms with E-state index in [2.05, 4.69) is 10.3 Å². The van der Waals surface area contributed by atoms with Crippen LogP contribution in [0.4, 0.5) is 4.39 Å². The topological polar surface area (TPSA) is 77.2 Å². The number of hydrogen-bond acceptors (Lipinski definition) is 4. The van der Waals surface area contributed by atoms with Crippen molar-refractivity contribution in [2.45, 2.75) is 31.8 Å². The molecule has 0 saturated heterocycles. The molecular formula is C20H24Cl2FN3O2. The van der Waals surface area contributed by atoms with E-state index in [1.807, 2.05) is 0 Å². The van der Waals surface area contributed by atoms with Crippen LogP contribution in [0, 0.1) is 23.6 Å². The summed E-state index contributed by atoms with van der Waals surface area (Å²) < 4.78 is 19.7. The minimum Gasteiger partial charge on any atom is -0.453 e. The number of rotatable bonds is 5. The molecule has 5 nitrogen and oxygen atoms in total. The van der Waals surface area contributed by atoms with Crippen LogP contribution in [0.25, 0.3) is 0 Å². The summed E-state index contributed by atoms with van der Waals surface area (Å²) in [6.07, 6.45) is 6.43. The molecule has 152 valence electrons. The molecule has 28 heavy (non-hydrogen) atoms. The van der Waals surface area contributed by atoms with E-state index in [1.165, 1.54) is 12.3 Å². The molecule has 2 aromatic rings. The Morgan fingerprint density at radius 2 is 2.04 bits per heavy atom. The fourth-order valence-electron chi connectivity index (χ4n) is 4.30. The number of nitrogens with two attached hydrogens (primary N) is 1. The first-order chi connectivity index (χ1) is 12.6. The Morgan fingerprint density at radius 3 is 2.68 bits per heavy atom. The van der Waals surface area contributed by atoms with Gasteiger partial charge in [0.05, 0.1) is 12.1 Å². The quantitative estimate of drug-likeness (QED) is 0.759. The van der Waals surface area contributed by atoms with Crippen molar-refractivity contribution in [1.82, 2.24) is 10.3 Å². The standard InChI is InChI=1S/C20H22FN3O2.2ClH/c21-16-8-12(3-6-17(16)26-15-2-1-7-23-11-15)10-24-20(25)18-13-4-5-14(9-13)19(18)22;;/h1-3,6-8,11,13-14,18-19H,4-5,9-10,22H2,(H,24,25);2*1H. The van der Waals surface area contributed by atoms with Crippen molar-refractivity contribution in [2.24, 2.45) is 23.5 Å². The molecule has 1 amide bonds. The fourth-order valence-corrected chi connectivity index (χ4v) is 4.30. The van der Waals surface area contributed by atoms with Crippen molar-refractivity contribution in [3.05, 3.63) is 54.1 Å². The minimum atomic E-state index is -0.475. The summed E-state index contributed by atoms with van der Waals surface area (Å²) >= 11 is 0. The van der Waals surface area contributed by atoms with Crippen LogP contribution in [0.1, 0.15) is 24.8 Å². The Morgan fingerprint density at radius 1 is 1.25 bits per heavy atom. The van der Waals surface area contributed by atoms with Crippen molar-refractivity contribution in [3.8, 4) is 11.5 Å². The van der Waals surface area contributed by atoms with Gasteiger partial charge in [0, 0.05) is 18.8 Å². The molecular weight excluding hydrogens is 404 g/mol. The van der Waals surface area contributed by atoms with Crippen molar-refractivity contribution in [2.75, 3.05) is 0 Å². The van der Waals surface area contributed by atoms with Crippen LogP contribution in [0.2, 0.25) is 0 Å². The van der Waals surface area contributed by atoms with E-state index in [1.54, 1.807) is 30.5 Å². The van der Waals surface area contributed by atoms with Crippen LogP contribution >= 0.6 is 24.8 Å². The smallest absolute Gasteiger partial charge is 0.225 e. The molecule has 3 N–H and O–H groups in total. The van der Waals surface area contributed by atoms with E-state index in [0.29, 0.717) is 23.1 Å². The van der Waals surface area contributed by atoms with Crippen molar-refractivity contribution < 1.29 is 13.9 Å². The Labute approximate surface area is 176 Å². The summed E-state index contributed by atoms with van der Waals surface area (Å²) in [6, 6.07) is 8.08. The highest BCUT2D eigenvalue weighted by Crippen LogP contribution is 2.47. The van der Waals surface area contributed by atoms with Crippen LogP contribution in [-0.2, 0) is 11.3 Å². The van der Waals surface area contributed by atoms with Crippen LogP contribution in [0.5, 0.6) is 11.5 Å². The van der Waals surface area contributed by atoms with Gasteiger partial charge in [-0.25, -0.2) is 4.39 Å². The molecule has 2 bridgehead atoms. The predicted molar refractivity (Wildman–Crippen MR) is 109 cm³/mol. The van der Waals surface area contributed by atoms with Crippen molar-refractivity contribution in [1.29, 1.82) is 0 Å². The van der Waals surface area contributed by atoms with E-state index >= 15 is 0 Å². The third-order valence-corrected chi connectivity index (χ3v) is 5.61. The fraction of sp³-hybridized carbons (Fsp3) is 0.400. The lowest BCUT2D eigenvalue weighted by Crippen LogP contribution is -2.45. The molecule has 8 heteroatoms. The second-order valence-electron chi connectivity index (χ2n) is 7.21. The summed E-state index contributed by atoms with van der Waals surface area (Å²) in [5, 5.41) is 2.92. The maximum Gasteiger partial charge on any atom is 0.225 e. The number of nitrogens with one attached hydrogen (secondary N) is 1. The zero-order valence-electron chi connectivity index (χ0n) is 15.2. The number of carbonyl (C=O) groups is 1. The second-order valence-corrected chi connectivity index (χ2v) is 7.21. The lowest BCUT2D eigenvalue weighted by molar-refractivity contribution is -0.127. The largest absolute Gasteiger partial charge is 0.453 e. The number of halogens is 3. The first-order valence-electron chi connectivity index (χ1n) is 9.01. The molecule has 2 aliphatic rings. The number of carbonyl (C=O) groups excluding carboxylic acids is 1. The molecule has 0 spiro atoms. The van der Waals surface area contributed by atoms with E-state index < -0.39 is 5.82 Å². The molecule has 1 aromatic carbocycles. The van der Waals surface area contributed by atoms with Crippen LogP contribution < -0.4 is 15.8 Å².